The quantitative estimate of drug-likeness (QED) is 0.613. The Kier molecular flexibility index (Phi) is 7.52. The summed E-state index contributed by atoms with van der Waals surface area (Å²) in [6.45, 7) is 6.03. The molecule has 0 aromatic heterocycles. The lowest BCUT2D eigenvalue weighted by molar-refractivity contribution is -0.134. The average Bonchev–Trinajstić information content (AvgIpc) is 3.27. The lowest BCUT2D eigenvalue weighted by atomic mass is 9.97. The van der Waals surface area contributed by atoms with Crippen molar-refractivity contribution in [1.82, 2.24) is 9.91 Å². The molecular formula is C24H31N3O4. The second-order valence-corrected chi connectivity index (χ2v) is 7.31. The number of hydrazone groups is 1. The number of carbonyl (C=O) groups excluding carboxylic acids is 1. The number of hydrogen-bond acceptors (Lipinski definition) is 6. The molecule has 1 heterocycles. The van der Waals surface area contributed by atoms with Crippen LogP contribution >= 0.6 is 0 Å². The van der Waals surface area contributed by atoms with Crippen LogP contribution in [0, 0.1) is 0 Å². The van der Waals surface area contributed by atoms with E-state index in [2.05, 4.69) is 18.7 Å². The molecule has 0 radical (unpaired) electrons. The van der Waals surface area contributed by atoms with E-state index in [0.29, 0.717) is 24.5 Å². The number of methoxy groups -OCH3 is 3. The fourth-order valence-electron chi connectivity index (χ4n) is 3.76. The number of nitrogens with zero attached hydrogens (tertiary/aromatic N) is 3. The Morgan fingerprint density at radius 3 is 2.39 bits per heavy atom. The van der Waals surface area contributed by atoms with E-state index < -0.39 is 0 Å². The Morgan fingerprint density at radius 2 is 1.74 bits per heavy atom. The predicted octanol–water partition coefficient (Wildman–Crippen LogP) is 3.73. The summed E-state index contributed by atoms with van der Waals surface area (Å²) < 4.78 is 16.3. The molecule has 0 saturated carbocycles. The smallest absolute Gasteiger partial charge is 0.257 e. The minimum absolute atomic E-state index is 0.0375. The van der Waals surface area contributed by atoms with E-state index in [4.69, 9.17) is 19.3 Å². The van der Waals surface area contributed by atoms with Gasteiger partial charge in [0.25, 0.3) is 5.91 Å². The van der Waals surface area contributed by atoms with Crippen molar-refractivity contribution in [2.75, 3.05) is 41.0 Å². The molecule has 0 spiro atoms. The van der Waals surface area contributed by atoms with Crippen LogP contribution in [0.2, 0.25) is 0 Å². The highest BCUT2D eigenvalue weighted by molar-refractivity contribution is 6.03. The predicted molar refractivity (Wildman–Crippen MR) is 121 cm³/mol. The van der Waals surface area contributed by atoms with E-state index >= 15 is 0 Å². The first-order valence-electron chi connectivity index (χ1n) is 10.5. The Balaban J connectivity index is 1.99. The van der Waals surface area contributed by atoms with Gasteiger partial charge in [-0.25, -0.2) is 5.01 Å². The van der Waals surface area contributed by atoms with Crippen LogP contribution in [-0.2, 0) is 4.79 Å². The maximum absolute atomic E-state index is 13.3. The molecule has 1 aliphatic heterocycles. The van der Waals surface area contributed by atoms with Gasteiger partial charge in [-0.3, -0.25) is 9.69 Å². The molecule has 1 atom stereocenters. The molecule has 2 aromatic carbocycles. The Morgan fingerprint density at radius 1 is 1.03 bits per heavy atom. The number of benzene rings is 2. The van der Waals surface area contributed by atoms with Crippen molar-refractivity contribution < 1.29 is 19.0 Å². The standard InChI is InChI=1S/C24H31N3O4/c1-6-26(7-2)16-24(28)27-22(20-12-11-19(30-4)14-23(20)31-5)15-21(25-27)17-9-8-10-18(13-17)29-3/h8-14,22H,6-7,15-16H2,1-5H3/t22-/m0/s1. The molecule has 0 unspecified atom stereocenters. The molecule has 166 valence electrons. The maximum atomic E-state index is 13.3. The van der Waals surface area contributed by atoms with Crippen LogP contribution in [0.15, 0.2) is 47.6 Å². The molecule has 7 nitrogen and oxygen atoms in total. The van der Waals surface area contributed by atoms with Crippen LogP contribution in [0.5, 0.6) is 17.2 Å². The fraction of sp³-hybridized carbons (Fsp3) is 0.417. The van der Waals surface area contributed by atoms with Crippen molar-refractivity contribution in [3.63, 3.8) is 0 Å². The van der Waals surface area contributed by atoms with Crippen molar-refractivity contribution in [3.05, 3.63) is 53.6 Å². The molecule has 31 heavy (non-hydrogen) atoms. The van der Waals surface area contributed by atoms with Crippen molar-refractivity contribution in [2.24, 2.45) is 5.10 Å². The third-order valence-corrected chi connectivity index (χ3v) is 5.62. The molecule has 1 amide bonds. The topological polar surface area (TPSA) is 63.6 Å². The number of likely N-dealkylation sites (N-methyl/N-ethyl adjacent to an activating group) is 1. The molecule has 0 aliphatic carbocycles. The zero-order valence-electron chi connectivity index (χ0n) is 18.9. The van der Waals surface area contributed by atoms with Gasteiger partial charge in [-0.15, -0.1) is 0 Å². The zero-order valence-corrected chi connectivity index (χ0v) is 18.9. The van der Waals surface area contributed by atoms with Crippen LogP contribution < -0.4 is 14.2 Å². The summed E-state index contributed by atoms with van der Waals surface area (Å²) in [4.78, 5) is 15.4. The van der Waals surface area contributed by atoms with Gasteiger partial charge < -0.3 is 14.2 Å². The van der Waals surface area contributed by atoms with Crippen LogP contribution in [-0.4, -0.2) is 62.5 Å². The molecule has 2 aromatic rings. The Hall–Kier alpha value is -3.06. The van der Waals surface area contributed by atoms with E-state index in [0.717, 1.165) is 35.7 Å². The summed E-state index contributed by atoms with van der Waals surface area (Å²) >= 11 is 0. The number of hydrogen-bond donors (Lipinski definition) is 0. The molecule has 1 aliphatic rings. The van der Waals surface area contributed by atoms with Crippen molar-refractivity contribution in [3.8, 4) is 17.2 Å². The number of rotatable bonds is 9. The van der Waals surface area contributed by atoms with E-state index in [1.165, 1.54) is 0 Å². The maximum Gasteiger partial charge on any atom is 0.257 e. The highest BCUT2D eigenvalue weighted by Gasteiger charge is 2.35. The zero-order chi connectivity index (χ0) is 22.4. The SMILES string of the molecule is CCN(CC)CC(=O)N1N=C(c2cccc(OC)c2)C[C@H]1c1ccc(OC)cc1OC. The molecular weight excluding hydrogens is 394 g/mol. The first-order valence-corrected chi connectivity index (χ1v) is 10.5. The van der Waals surface area contributed by atoms with Gasteiger partial charge in [-0.05, 0) is 37.4 Å². The summed E-state index contributed by atoms with van der Waals surface area (Å²) in [7, 11) is 4.88. The highest BCUT2D eigenvalue weighted by Crippen LogP contribution is 2.39. The van der Waals surface area contributed by atoms with Gasteiger partial charge in [0, 0.05) is 23.6 Å². The first-order chi connectivity index (χ1) is 15.0. The summed E-state index contributed by atoms with van der Waals surface area (Å²) in [6.07, 6.45) is 0.583. The molecule has 0 saturated heterocycles. The van der Waals surface area contributed by atoms with Crippen molar-refractivity contribution in [2.45, 2.75) is 26.3 Å². The minimum atomic E-state index is -0.259. The van der Waals surface area contributed by atoms with Gasteiger partial charge in [-0.2, -0.15) is 5.10 Å². The number of carbonyl (C=O) groups is 1. The number of amides is 1. The van der Waals surface area contributed by atoms with E-state index in [1.807, 2.05) is 42.5 Å². The Labute approximate surface area is 184 Å². The first kappa shape index (κ1) is 22.6. The normalized spacial score (nSPS) is 15.7. The van der Waals surface area contributed by atoms with Crippen molar-refractivity contribution >= 4 is 11.6 Å². The van der Waals surface area contributed by atoms with Gasteiger partial charge in [0.1, 0.15) is 17.2 Å². The third kappa shape index (κ3) is 4.99. The summed E-state index contributed by atoms with van der Waals surface area (Å²) in [5.41, 5.74) is 2.68. The monoisotopic (exact) mass is 425 g/mol. The van der Waals surface area contributed by atoms with Gasteiger partial charge in [0.05, 0.1) is 39.6 Å². The molecule has 7 heteroatoms. The van der Waals surface area contributed by atoms with Crippen LogP contribution in [0.1, 0.15) is 37.4 Å². The lowest BCUT2D eigenvalue weighted by Gasteiger charge is -2.26. The van der Waals surface area contributed by atoms with Crippen molar-refractivity contribution in [1.29, 1.82) is 0 Å². The molecule has 0 fully saturated rings. The van der Waals surface area contributed by atoms with Gasteiger partial charge >= 0.3 is 0 Å². The molecule has 0 N–H and O–H groups in total. The summed E-state index contributed by atoms with van der Waals surface area (Å²) in [6, 6.07) is 13.2. The van der Waals surface area contributed by atoms with Crippen LogP contribution in [0.4, 0.5) is 0 Å². The van der Waals surface area contributed by atoms with E-state index in [-0.39, 0.29) is 11.9 Å². The Bertz CT molecular complexity index is 940. The summed E-state index contributed by atoms with van der Waals surface area (Å²) in [5.74, 6) is 2.09. The molecule has 0 bridgehead atoms. The largest absolute Gasteiger partial charge is 0.497 e. The van der Waals surface area contributed by atoms with Gasteiger partial charge in [0.15, 0.2) is 0 Å². The summed E-state index contributed by atoms with van der Waals surface area (Å²) in [5, 5.41) is 6.37. The average molecular weight is 426 g/mol. The van der Waals surface area contributed by atoms with E-state index in [9.17, 15) is 4.79 Å². The third-order valence-electron chi connectivity index (χ3n) is 5.62. The second-order valence-electron chi connectivity index (χ2n) is 7.31. The second kappa shape index (κ2) is 10.3. The molecule has 3 rings (SSSR count). The van der Waals surface area contributed by atoms with Gasteiger partial charge in [-0.1, -0.05) is 26.0 Å². The lowest BCUT2D eigenvalue weighted by Crippen LogP contribution is -2.38. The fourth-order valence-corrected chi connectivity index (χ4v) is 3.76. The van der Waals surface area contributed by atoms with E-state index in [1.54, 1.807) is 26.3 Å². The highest BCUT2D eigenvalue weighted by atomic mass is 16.5. The number of ether oxygens (including phenoxy) is 3. The minimum Gasteiger partial charge on any atom is -0.497 e. The van der Waals surface area contributed by atoms with Crippen LogP contribution in [0.3, 0.4) is 0 Å². The van der Waals surface area contributed by atoms with Gasteiger partial charge in [0.2, 0.25) is 0 Å². The van der Waals surface area contributed by atoms with Crippen LogP contribution in [0.25, 0.3) is 0 Å².